The van der Waals surface area contributed by atoms with Crippen molar-refractivity contribution in [3.05, 3.63) is 33.9 Å². The minimum atomic E-state index is 0.327. The molecule has 0 atom stereocenters. The van der Waals surface area contributed by atoms with Crippen LogP contribution in [0.25, 0.3) is 10.9 Å². The van der Waals surface area contributed by atoms with Crippen LogP contribution in [0.1, 0.15) is 11.3 Å². The zero-order chi connectivity index (χ0) is 10.6. The van der Waals surface area contributed by atoms with Gasteiger partial charge in [0.25, 0.3) is 0 Å². The van der Waals surface area contributed by atoms with Crippen LogP contribution in [-0.2, 0) is 24.7 Å². The Morgan fingerprint density at radius 2 is 2.13 bits per heavy atom. The average Bonchev–Trinajstić information content (AvgIpc) is 2.67. The number of halogens is 1. The van der Waals surface area contributed by atoms with Crippen molar-refractivity contribution in [1.29, 1.82) is 0 Å². The van der Waals surface area contributed by atoms with Gasteiger partial charge in [-0.25, -0.2) is 0 Å². The zero-order valence-electron chi connectivity index (χ0n) is 8.38. The molecule has 1 heterocycles. The second kappa shape index (κ2) is 2.95. The second-order valence-electron chi connectivity index (χ2n) is 4.01. The number of aryl methyl sites for hydroxylation is 1. The average molecular weight is 264 g/mol. The van der Waals surface area contributed by atoms with Gasteiger partial charge < -0.3 is 4.57 Å². The van der Waals surface area contributed by atoms with Crippen molar-refractivity contribution in [1.82, 2.24) is 4.57 Å². The Morgan fingerprint density at radius 3 is 2.93 bits per heavy atom. The number of benzene rings is 1. The monoisotopic (exact) mass is 263 g/mol. The molecule has 0 bridgehead atoms. The number of hydrogen-bond donors (Lipinski definition) is 0. The highest BCUT2D eigenvalue weighted by Gasteiger charge is 2.26. The van der Waals surface area contributed by atoms with Crippen molar-refractivity contribution in [2.75, 3.05) is 0 Å². The Labute approximate surface area is 96.0 Å². The third kappa shape index (κ3) is 1.13. The Balaban J connectivity index is 2.47. The Morgan fingerprint density at radius 1 is 1.33 bits per heavy atom. The summed E-state index contributed by atoms with van der Waals surface area (Å²) in [5.74, 6) is 0.327. The third-order valence-corrected chi connectivity index (χ3v) is 3.81. The van der Waals surface area contributed by atoms with E-state index in [0.717, 1.165) is 4.47 Å². The van der Waals surface area contributed by atoms with Gasteiger partial charge in [0, 0.05) is 41.0 Å². The molecule has 76 valence electrons. The molecule has 1 aliphatic carbocycles. The number of aromatic nitrogens is 1. The van der Waals surface area contributed by atoms with Crippen LogP contribution in [0.5, 0.6) is 0 Å². The summed E-state index contributed by atoms with van der Waals surface area (Å²) in [7, 11) is 2.03. The van der Waals surface area contributed by atoms with Crippen molar-refractivity contribution in [3.63, 3.8) is 0 Å². The van der Waals surface area contributed by atoms with Crippen LogP contribution in [0.4, 0.5) is 0 Å². The maximum Gasteiger partial charge on any atom is 0.143 e. The molecule has 3 heteroatoms. The molecular weight excluding hydrogens is 254 g/mol. The van der Waals surface area contributed by atoms with E-state index < -0.39 is 0 Å². The van der Waals surface area contributed by atoms with Gasteiger partial charge in [0.2, 0.25) is 0 Å². The van der Waals surface area contributed by atoms with Crippen molar-refractivity contribution >= 4 is 32.6 Å². The molecule has 0 amide bonds. The largest absolute Gasteiger partial charge is 0.347 e. The summed E-state index contributed by atoms with van der Waals surface area (Å²) < 4.78 is 3.23. The number of rotatable bonds is 0. The molecule has 0 fully saturated rings. The van der Waals surface area contributed by atoms with E-state index in [0.29, 0.717) is 18.6 Å². The van der Waals surface area contributed by atoms with E-state index in [-0.39, 0.29) is 0 Å². The lowest BCUT2D eigenvalue weighted by Crippen LogP contribution is -1.99. The van der Waals surface area contributed by atoms with Gasteiger partial charge in [0.05, 0.1) is 0 Å². The van der Waals surface area contributed by atoms with E-state index in [1.54, 1.807) is 0 Å². The van der Waals surface area contributed by atoms with E-state index in [9.17, 15) is 4.79 Å². The first kappa shape index (κ1) is 9.16. The number of fused-ring (bicyclic) bond motifs is 3. The maximum atomic E-state index is 11.4. The van der Waals surface area contributed by atoms with Crippen LogP contribution in [0.2, 0.25) is 0 Å². The van der Waals surface area contributed by atoms with E-state index >= 15 is 0 Å². The minimum Gasteiger partial charge on any atom is -0.347 e. The van der Waals surface area contributed by atoms with Gasteiger partial charge in [-0.3, -0.25) is 4.79 Å². The zero-order valence-corrected chi connectivity index (χ0v) is 9.97. The van der Waals surface area contributed by atoms with Gasteiger partial charge in [-0.1, -0.05) is 22.0 Å². The van der Waals surface area contributed by atoms with Gasteiger partial charge >= 0.3 is 0 Å². The summed E-state index contributed by atoms with van der Waals surface area (Å²) in [5, 5.41) is 1.21. The molecule has 1 aromatic carbocycles. The quantitative estimate of drug-likeness (QED) is 0.716. The first-order valence-electron chi connectivity index (χ1n) is 4.95. The molecule has 0 N–H and O–H groups in total. The molecule has 2 aromatic rings. The van der Waals surface area contributed by atoms with Gasteiger partial charge in [-0.15, -0.1) is 0 Å². The van der Waals surface area contributed by atoms with Crippen molar-refractivity contribution < 1.29 is 4.79 Å². The fourth-order valence-corrected chi connectivity index (χ4v) is 3.04. The molecule has 1 aromatic heterocycles. The number of hydrogen-bond acceptors (Lipinski definition) is 1. The van der Waals surface area contributed by atoms with Crippen LogP contribution >= 0.6 is 15.9 Å². The van der Waals surface area contributed by atoms with E-state index in [1.807, 2.05) is 19.2 Å². The first-order chi connectivity index (χ1) is 7.18. The number of nitrogens with zero attached hydrogens (tertiary/aromatic N) is 1. The SMILES string of the molecule is Cn1c2c(c3c(Br)cccc31)CC(=O)C2. The number of carbonyl (C=O) groups is 1. The second-order valence-corrected chi connectivity index (χ2v) is 4.86. The highest BCUT2D eigenvalue weighted by molar-refractivity contribution is 9.10. The highest BCUT2D eigenvalue weighted by Crippen LogP contribution is 2.35. The van der Waals surface area contributed by atoms with Crippen LogP contribution < -0.4 is 0 Å². The van der Waals surface area contributed by atoms with Gasteiger partial charge in [-0.05, 0) is 17.7 Å². The summed E-state index contributed by atoms with van der Waals surface area (Å²) in [6.45, 7) is 0. The Bertz CT molecular complexity index is 583. The Kier molecular flexibility index (Phi) is 1.80. The summed E-state index contributed by atoms with van der Waals surface area (Å²) >= 11 is 3.56. The molecule has 15 heavy (non-hydrogen) atoms. The van der Waals surface area contributed by atoms with E-state index in [2.05, 4.69) is 26.6 Å². The van der Waals surface area contributed by atoms with Crippen molar-refractivity contribution in [2.45, 2.75) is 12.8 Å². The van der Waals surface area contributed by atoms with Crippen LogP contribution in [-0.4, -0.2) is 10.4 Å². The smallest absolute Gasteiger partial charge is 0.143 e. The van der Waals surface area contributed by atoms with E-state index in [4.69, 9.17) is 0 Å². The summed E-state index contributed by atoms with van der Waals surface area (Å²) in [5.41, 5.74) is 3.61. The predicted octanol–water partition coefficient (Wildman–Crippen LogP) is 2.61. The van der Waals surface area contributed by atoms with Gasteiger partial charge in [-0.2, -0.15) is 0 Å². The standard InChI is InChI=1S/C12H10BrNO/c1-14-10-4-2-3-9(13)12(10)8-5-7(15)6-11(8)14/h2-4H,5-6H2,1H3. The van der Waals surface area contributed by atoms with Crippen LogP contribution in [0, 0.1) is 0 Å². The lowest BCUT2D eigenvalue weighted by atomic mass is 10.1. The highest BCUT2D eigenvalue weighted by atomic mass is 79.9. The molecule has 0 spiro atoms. The van der Waals surface area contributed by atoms with Gasteiger partial charge in [0.15, 0.2) is 0 Å². The summed E-state index contributed by atoms with van der Waals surface area (Å²) in [6.07, 6.45) is 1.18. The number of Topliss-reactive ketones (excluding diaryl/α,β-unsaturated/α-hetero) is 1. The first-order valence-corrected chi connectivity index (χ1v) is 5.74. The lowest BCUT2D eigenvalue weighted by Gasteiger charge is -2.00. The number of carbonyl (C=O) groups excluding carboxylic acids is 1. The van der Waals surface area contributed by atoms with Crippen molar-refractivity contribution in [2.24, 2.45) is 7.05 Å². The van der Waals surface area contributed by atoms with E-state index in [1.165, 1.54) is 22.2 Å². The summed E-state index contributed by atoms with van der Waals surface area (Å²) in [6, 6.07) is 6.16. The maximum absolute atomic E-state index is 11.4. The molecule has 0 saturated carbocycles. The molecule has 0 aliphatic heterocycles. The molecule has 0 unspecified atom stereocenters. The predicted molar refractivity (Wildman–Crippen MR) is 63.0 cm³/mol. The molecule has 0 radical (unpaired) electrons. The topological polar surface area (TPSA) is 22.0 Å². The van der Waals surface area contributed by atoms with Crippen LogP contribution in [0.3, 0.4) is 0 Å². The normalized spacial score (nSPS) is 14.9. The van der Waals surface area contributed by atoms with Gasteiger partial charge in [0.1, 0.15) is 5.78 Å². The fourth-order valence-electron chi connectivity index (χ4n) is 2.45. The molecule has 3 rings (SSSR count). The lowest BCUT2D eigenvalue weighted by molar-refractivity contribution is -0.117. The molecule has 1 aliphatic rings. The third-order valence-electron chi connectivity index (χ3n) is 3.15. The molecular formula is C12H10BrNO. The molecule has 2 nitrogen and oxygen atoms in total. The fraction of sp³-hybridized carbons (Fsp3) is 0.250. The number of ketones is 1. The molecule has 0 saturated heterocycles. The Hall–Kier alpha value is -1.09. The van der Waals surface area contributed by atoms with Crippen LogP contribution in [0.15, 0.2) is 22.7 Å². The van der Waals surface area contributed by atoms with Crippen molar-refractivity contribution in [3.8, 4) is 0 Å². The summed E-state index contributed by atoms with van der Waals surface area (Å²) in [4.78, 5) is 11.4. The minimum absolute atomic E-state index is 0.327.